The SMILES string of the molecule is Nc1cc(CC(=O)C2COc3ccccc32)ccn1. The van der Waals surface area contributed by atoms with Gasteiger partial charge in [0.1, 0.15) is 24.0 Å². The predicted octanol–water partition coefficient (Wildman–Crippen LogP) is 1.95. The molecule has 0 radical (unpaired) electrons. The third-order valence-electron chi connectivity index (χ3n) is 3.31. The van der Waals surface area contributed by atoms with Crippen molar-refractivity contribution >= 4 is 11.6 Å². The number of para-hydroxylation sites is 1. The molecule has 3 rings (SSSR count). The van der Waals surface area contributed by atoms with E-state index >= 15 is 0 Å². The second-order valence-corrected chi connectivity index (χ2v) is 4.63. The summed E-state index contributed by atoms with van der Waals surface area (Å²) in [5.74, 6) is 1.23. The van der Waals surface area contributed by atoms with Gasteiger partial charge in [0, 0.05) is 18.2 Å². The lowest BCUT2D eigenvalue weighted by atomic mass is 9.93. The van der Waals surface area contributed by atoms with Crippen molar-refractivity contribution in [1.29, 1.82) is 0 Å². The zero-order chi connectivity index (χ0) is 13.2. The molecule has 2 N–H and O–H groups in total. The number of nitrogens with two attached hydrogens (primary N) is 1. The Morgan fingerprint density at radius 2 is 2.21 bits per heavy atom. The second-order valence-electron chi connectivity index (χ2n) is 4.63. The minimum atomic E-state index is -0.175. The van der Waals surface area contributed by atoms with Crippen LogP contribution in [-0.2, 0) is 11.2 Å². The number of carbonyl (C=O) groups excluding carboxylic acids is 1. The first kappa shape index (κ1) is 11.7. The Bertz CT molecular complexity index is 625. The Morgan fingerprint density at radius 3 is 3.05 bits per heavy atom. The van der Waals surface area contributed by atoms with Gasteiger partial charge in [0.15, 0.2) is 0 Å². The molecule has 96 valence electrons. The maximum Gasteiger partial charge on any atom is 0.148 e. The van der Waals surface area contributed by atoms with Gasteiger partial charge in [0.2, 0.25) is 0 Å². The van der Waals surface area contributed by atoms with Gasteiger partial charge in [0.25, 0.3) is 0 Å². The zero-order valence-electron chi connectivity index (χ0n) is 10.4. The highest BCUT2D eigenvalue weighted by molar-refractivity contribution is 5.89. The van der Waals surface area contributed by atoms with Gasteiger partial charge >= 0.3 is 0 Å². The van der Waals surface area contributed by atoms with E-state index in [0.717, 1.165) is 16.9 Å². The summed E-state index contributed by atoms with van der Waals surface area (Å²) >= 11 is 0. The molecule has 1 unspecified atom stereocenters. The fourth-order valence-electron chi connectivity index (χ4n) is 2.36. The normalized spacial score (nSPS) is 16.7. The number of Topliss-reactive ketones (excluding diaryl/α,β-unsaturated/α-hetero) is 1. The highest BCUT2D eigenvalue weighted by Gasteiger charge is 2.29. The minimum absolute atomic E-state index is 0.149. The molecule has 0 saturated carbocycles. The van der Waals surface area contributed by atoms with Crippen LogP contribution in [0, 0.1) is 0 Å². The number of anilines is 1. The van der Waals surface area contributed by atoms with Crippen LogP contribution in [0.2, 0.25) is 0 Å². The van der Waals surface area contributed by atoms with Crippen LogP contribution in [0.3, 0.4) is 0 Å². The molecular weight excluding hydrogens is 240 g/mol. The van der Waals surface area contributed by atoms with Crippen LogP contribution in [0.25, 0.3) is 0 Å². The quantitative estimate of drug-likeness (QED) is 0.909. The molecule has 0 aliphatic carbocycles. The highest BCUT2D eigenvalue weighted by atomic mass is 16.5. The van der Waals surface area contributed by atoms with Crippen LogP contribution in [0.15, 0.2) is 42.6 Å². The van der Waals surface area contributed by atoms with Gasteiger partial charge in [-0.15, -0.1) is 0 Å². The van der Waals surface area contributed by atoms with Gasteiger partial charge in [-0.25, -0.2) is 4.98 Å². The van der Waals surface area contributed by atoms with E-state index in [1.54, 1.807) is 12.3 Å². The summed E-state index contributed by atoms with van der Waals surface area (Å²) in [6, 6.07) is 11.2. The fourth-order valence-corrected chi connectivity index (χ4v) is 2.36. The summed E-state index contributed by atoms with van der Waals surface area (Å²) in [5.41, 5.74) is 7.49. The van der Waals surface area contributed by atoms with Gasteiger partial charge in [-0.2, -0.15) is 0 Å². The van der Waals surface area contributed by atoms with E-state index in [-0.39, 0.29) is 11.7 Å². The van der Waals surface area contributed by atoms with Crippen molar-refractivity contribution in [3.63, 3.8) is 0 Å². The number of fused-ring (bicyclic) bond motifs is 1. The topological polar surface area (TPSA) is 65.2 Å². The van der Waals surface area contributed by atoms with Crippen molar-refractivity contribution in [1.82, 2.24) is 4.98 Å². The second kappa shape index (κ2) is 4.72. The number of hydrogen-bond acceptors (Lipinski definition) is 4. The maximum atomic E-state index is 12.3. The van der Waals surface area contributed by atoms with Gasteiger partial charge in [-0.1, -0.05) is 18.2 Å². The first-order valence-electron chi connectivity index (χ1n) is 6.19. The minimum Gasteiger partial charge on any atom is -0.492 e. The summed E-state index contributed by atoms with van der Waals surface area (Å²) in [5, 5.41) is 0. The van der Waals surface area contributed by atoms with Crippen molar-refractivity contribution < 1.29 is 9.53 Å². The number of ketones is 1. The van der Waals surface area contributed by atoms with Crippen LogP contribution >= 0.6 is 0 Å². The van der Waals surface area contributed by atoms with E-state index < -0.39 is 0 Å². The highest BCUT2D eigenvalue weighted by Crippen LogP contribution is 2.34. The van der Waals surface area contributed by atoms with Crippen molar-refractivity contribution in [3.8, 4) is 5.75 Å². The number of carbonyl (C=O) groups is 1. The number of nitrogens with zero attached hydrogens (tertiary/aromatic N) is 1. The molecule has 2 heterocycles. The lowest BCUT2D eigenvalue weighted by Gasteiger charge is -2.08. The van der Waals surface area contributed by atoms with E-state index in [4.69, 9.17) is 10.5 Å². The number of rotatable bonds is 3. The van der Waals surface area contributed by atoms with E-state index in [0.29, 0.717) is 18.8 Å². The standard InChI is InChI=1S/C15H14N2O2/c16-15-8-10(5-6-17-15)7-13(18)12-9-19-14-4-2-1-3-11(12)14/h1-6,8,12H,7,9H2,(H2,16,17). The van der Waals surface area contributed by atoms with Crippen LogP contribution in [0.1, 0.15) is 17.0 Å². The number of pyridine rings is 1. The molecule has 19 heavy (non-hydrogen) atoms. The van der Waals surface area contributed by atoms with Crippen molar-refractivity contribution in [2.45, 2.75) is 12.3 Å². The molecule has 0 spiro atoms. The average Bonchev–Trinajstić information content (AvgIpc) is 2.82. The third-order valence-corrected chi connectivity index (χ3v) is 3.31. The van der Waals surface area contributed by atoms with Crippen LogP contribution in [-0.4, -0.2) is 17.4 Å². The van der Waals surface area contributed by atoms with Crippen LogP contribution < -0.4 is 10.5 Å². The molecule has 0 saturated heterocycles. The Morgan fingerprint density at radius 1 is 1.37 bits per heavy atom. The Hall–Kier alpha value is -2.36. The number of nitrogen functional groups attached to an aromatic ring is 1. The summed E-state index contributed by atoms with van der Waals surface area (Å²) in [7, 11) is 0. The molecule has 0 amide bonds. The number of aromatic nitrogens is 1. The van der Waals surface area contributed by atoms with Gasteiger partial charge in [0.05, 0.1) is 5.92 Å². The Kier molecular flexibility index (Phi) is 2.91. The first-order valence-corrected chi connectivity index (χ1v) is 6.19. The average molecular weight is 254 g/mol. The smallest absolute Gasteiger partial charge is 0.148 e. The monoisotopic (exact) mass is 254 g/mol. The van der Waals surface area contributed by atoms with Gasteiger partial charge in [-0.05, 0) is 23.8 Å². The summed E-state index contributed by atoms with van der Waals surface area (Å²) in [6.45, 7) is 0.429. The predicted molar refractivity (Wildman–Crippen MR) is 72.0 cm³/mol. The van der Waals surface area contributed by atoms with Gasteiger partial charge in [-0.3, -0.25) is 4.79 Å². The van der Waals surface area contributed by atoms with Crippen LogP contribution in [0.4, 0.5) is 5.82 Å². The van der Waals surface area contributed by atoms with E-state index in [1.807, 2.05) is 30.3 Å². The summed E-state index contributed by atoms with van der Waals surface area (Å²) in [6.07, 6.45) is 1.98. The van der Waals surface area contributed by atoms with Gasteiger partial charge < -0.3 is 10.5 Å². The Labute approximate surface area is 111 Å². The summed E-state index contributed by atoms with van der Waals surface area (Å²) < 4.78 is 5.54. The summed E-state index contributed by atoms with van der Waals surface area (Å²) in [4.78, 5) is 16.3. The molecule has 4 heteroatoms. The maximum absolute atomic E-state index is 12.3. The largest absolute Gasteiger partial charge is 0.492 e. The molecule has 2 aromatic rings. The molecule has 1 aliphatic heterocycles. The van der Waals surface area contributed by atoms with E-state index in [2.05, 4.69) is 4.98 Å². The van der Waals surface area contributed by atoms with Crippen molar-refractivity contribution in [2.24, 2.45) is 0 Å². The van der Waals surface area contributed by atoms with E-state index in [1.165, 1.54) is 0 Å². The molecule has 1 aliphatic rings. The third kappa shape index (κ3) is 2.29. The molecule has 1 aromatic heterocycles. The molecule has 1 atom stereocenters. The lowest BCUT2D eigenvalue weighted by Crippen LogP contribution is -2.16. The molecule has 4 nitrogen and oxygen atoms in total. The van der Waals surface area contributed by atoms with Crippen molar-refractivity contribution in [3.05, 3.63) is 53.7 Å². The number of benzene rings is 1. The molecule has 0 bridgehead atoms. The fraction of sp³-hybridized carbons (Fsp3) is 0.200. The zero-order valence-corrected chi connectivity index (χ0v) is 10.4. The first-order chi connectivity index (χ1) is 9.24. The number of ether oxygens (including phenoxy) is 1. The molecular formula is C15H14N2O2. The van der Waals surface area contributed by atoms with Crippen molar-refractivity contribution in [2.75, 3.05) is 12.3 Å². The van der Waals surface area contributed by atoms with E-state index in [9.17, 15) is 4.79 Å². The van der Waals surface area contributed by atoms with Crippen LogP contribution in [0.5, 0.6) is 5.75 Å². The molecule has 1 aromatic carbocycles. The lowest BCUT2D eigenvalue weighted by molar-refractivity contribution is -0.120. The number of hydrogen-bond donors (Lipinski definition) is 1. The molecule has 0 fully saturated rings. The Balaban J connectivity index is 1.79.